The molecule has 1 amide bonds. The molecule has 1 aliphatic rings. The average Bonchev–Trinajstić information content (AvgIpc) is 2.88. The summed E-state index contributed by atoms with van der Waals surface area (Å²) in [6, 6.07) is 12.1. The Morgan fingerprint density at radius 1 is 1.26 bits per heavy atom. The first-order valence-electron chi connectivity index (χ1n) is 11.6. The van der Waals surface area contributed by atoms with Gasteiger partial charge in [-0.2, -0.15) is 0 Å². The number of aliphatic imine (C=N–C) groups is 1. The number of hydrogen-bond donors (Lipinski definition) is 5. The van der Waals surface area contributed by atoms with Crippen molar-refractivity contribution in [1.29, 1.82) is 0 Å². The van der Waals surface area contributed by atoms with E-state index in [0.29, 0.717) is 25.1 Å². The number of fused-ring (bicyclic) bond motifs is 1. The summed E-state index contributed by atoms with van der Waals surface area (Å²) in [5.74, 6) is -0.205. The lowest BCUT2D eigenvalue weighted by molar-refractivity contribution is -0.139. The van der Waals surface area contributed by atoms with Gasteiger partial charge in [0.15, 0.2) is 0 Å². The molecule has 35 heavy (non-hydrogen) atoms. The third-order valence-electron chi connectivity index (χ3n) is 5.40. The highest BCUT2D eigenvalue weighted by molar-refractivity contribution is 5.80. The number of ether oxygens (including phenoxy) is 1. The predicted molar refractivity (Wildman–Crippen MR) is 134 cm³/mol. The third-order valence-corrected chi connectivity index (χ3v) is 5.40. The first-order valence-corrected chi connectivity index (χ1v) is 11.6. The number of alkyl carbamates (subject to hydrolysis) is 1. The van der Waals surface area contributed by atoms with Crippen molar-refractivity contribution in [3.05, 3.63) is 71.1 Å². The van der Waals surface area contributed by atoms with Crippen LogP contribution in [-0.2, 0) is 29.0 Å². The van der Waals surface area contributed by atoms with Crippen LogP contribution in [0.1, 0.15) is 23.2 Å². The molecule has 186 valence electrons. The molecule has 0 aliphatic carbocycles. The lowest BCUT2D eigenvalue weighted by atomic mass is 10.1. The number of hydrogen-bond acceptors (Lipinski definition) is 8. The molecule has 0 bridgehead atoms. The van der Waals surface area contributed by atoms with Gasteiger partial charge in [-0.15, -0.1) is 0 Å². The SMILES string of the molecule is NC=C(C=NCCc1ccc2c(n1)NCCC2)CNC[C@H](NC(=O)OCc1ccccc1)C(=O)O. The zero-order valence-electron chi connectivity index (χ0n) is 19.6. The molecule has 2 heterocycles. The van der Waals surface area contributed by atoms with Gasteiger partial charge in [0.2, 0.25) is 0 Å². The van der Waals surface area contributed by atoms with Crippen LogP contribution in [0.2, 0.25) is 0 Å². The summed E-state index contributed by atoms with van der Waals surface area (Å²) >= 11 is 0. The Labute approximate surface area is 204 Å². The molecule has 1 aromatic carbocycles. The number of pyridine rings is 1. The van der Waals surface area contributed by atoms with Gasteiger partial charge in [0.05, 0.1) is 0 Å². The van der Waals surface area contributed by atoms with E-state index in [0.717, 1.165) is 36.5 Å². The standard InChI is InChI=1S/C25H32N6O4/c26-13-19(14-27-12-10-21-9-8-20-7-4-11-29-23(20)30-21)15-28-16-22(24(32)33)31-25(34)35-17-18-5-2-1-3-6-18/h1-3,5-6,8-9,13-14,22,28H,4,7,10-12,15-17,26H2,(H,29,30)(H,31,34)(H,32,33)/t22-/m0/s1. The van der Waals surface area contributed by atoms with E-state index in [1.165, 1.54) is 11.8 Å². The number of benzene rings is 1. The Bertz CT molecular complexity index is 1040. The van der Waals surface area contributed by atoms with E-state index in [1.54, 1.807) is 6.21 Å². The van der Waals surface area contributed by atoms with Crippen LogP contribution in [0.5, 0.6) is 0 Å². The van der Waals surface area contributed by atoms with E-state index in [4.69, 9.17) is 10.5 Å². The topological polar surface area (TPSA) is 151 Å². The maximum atomic E-state index is 12.0. The second kappa shape index (κ2) is 13.7. The van der Waals surface area contributed by atoms with E-state index in [2.05, 4.69) is 32.0 Å². The number of anilines is 1. The van der Waals surface area contributed by atoms with Crippen LogP contribution in [0, 0.1) is 0 Å². The van der Waals surface area contributed by atoms with Crippen molar-refractivity contribution in [2.24, 2.45) is 10.7 Å². The molecule has 0 saturated carbocycles. The molecule has 0 unspecified atom stereocenters. The number of aromatic nitrogens is 1. The summed E-state index contributed by atoms with van der Waals surface area (Å²) < 4.78 is 5.09. The molecule has 1 aliphatic heterocycles. The monoisotopic (exact) mass is 480 g/mol. The number of carboxylic acids is 1. The van der Waals surface area contributed by atoms with Crippen molar-refractivity contribution in [2.75, 3.05) is 31.5 Å². The van der Waals surface area contributed by atoms with Gasteiger partial charge in [0.1, 0.15) is 18.5 Å². The highest BCUT2D eigenvalue weighted by atomic mass is 16.5. The first kappa shape index (κ1) is 25.7. The van der Waals surface area contributed by atoms with Gasteiger partial charge in [0, 0.05) is 44.5 Å². The number of carboxylic acid groups (broad SMARTS) is 1. The van der Waals surface area contributed by atoms with E-state index < -0.39 is 18.1 Å². The molecule has 1 atom stereocenters. The van der Waals surface area contributed by atoms with Crippen LogP contribution in [0.25, 0.3) is 0 Å². The number of nitrogens with two attached hydrogens (primary N) is 1. The van der Waals surface area contributed by atoms with Gasteiger partial charge in [-0.05, 0) is 41.8 Å². The van der Waals surface area contributed by atoms with Gasteiger partial charge < -0.3 is 31.5 Å². The Balaban J connectivity index is 1.38. The van der Waals surface area contributed by atoms with E-state index >= 15 is 0 Å². The maximum Gasteiger partial charge on any atom is 0.408 e. The molecule has 0 spiro atoms. The van der Waals surface area contributed by atoms with Crippen molar-refractivity contribution in [1.82, 2.24) is 15.6 Å². The Hall–Kier alpha value is -3.92. The smallest absolute Gasteiger partial charge is 0.408 e. The van der Waals surface area contributed by atoms with Crippen LogP contribution in [0.3, 0.4) is 0 Å². The summed E-state index contributed by atoms with van der Waals surface area (Å²) in [5.41, 5.74) is 9.40. The molecular weight excluding hydrogens is 448 g/mol. The second-order valence-electron chi connectivity index (χ2n) is 8.10. The van der Waals surface area contributed by atoms with Crippen molar-refractivity contribution in [2.45, 2.75) is 31.9 Å². The number of aryl methyl sites for hydroxylation is 1. The van der Waals surface area contributed by atoms with Crippen molar-refractivity contribution >= 4 is 24.1 Å². The number of carbonyl (C=O) groups excluding carboxylic acids is 1. The van der Waals surface area contributed by atoms with Crippen molar-refractivity contribution in [3.63, 3.8) is 0 Å². The summed E-state index contributed by atoms with van der Waals surface area (Å²) in [5, 5.41) is 18.1. The van der Waals surface area contributed by atoms with Crippen molar-refractivity contribution < 1.29 is 19.4 Å². The van der Waals surface area contributed by atoms with Gasteiger partial charge in [-0.3, -0.25) is 4.99 Å². The molecule has 10 nitrogen and oxygen atoms in total. The Kier molecular flexibility index (Phi) is 10.1. The zero-order valence-corrected chi connectivity index (χ0v) is 19.6. The minimum atomic E-state index is -1.17. The van der Waals surface area contributed by atoms with Gasteiger partial charge in [-0.25, -0.2) is 14.6 Å². The number of amides is 1. The lowest BCUT2D eigenvalue weighted by Gasteiger charge is -2.17. The van der Waals surface area contributed by atoms with Crippen molar-refractivity contribution in [3.8, 4) is 0 Å². The normalized spacial score (nSPS) is 14.1. The van der Waals surface area contributed by atoms with E-state index in [-0.39, 0.29) is 13.2 Å². The average molecular weight is 481 g/mol. The minimum Gasteiger partial charge on any atom is -0.480 e. The first-order chi connectivity index (χ1) is 17.0. The summed E-state index contributed by atoms with van der Waals surface area (Å²) in [7, 11) is 0. The van der Waals surface area contributed by atoms with Gasteiger partial charge in [0.25, 0.3) is 0 Å². The number of nitrogens with zero attached hydrogens (tertiary/aromatic N) is 2. The molecule has 2 aromatic rings. The Morgan fingerprint density at radius 2 is 2.09 bits per heavy atom. The fourth-order valence-corrected chi connectivity index (χ4v) is 3.48. The molecular formula is C25H32N6O4. The molecule has 10 heteroatoms. The Morgan fingerprint density at radius 3 is 2.86 bits per heavy atom. The molecule has 0 saturated heterocycles. The highest BCUT2D eigenvalue weighted by Gasteiger charge is 2.20. The molecule has 6 N–H and O–H groups in total. The van der Waals surface area contributed by atoms with Crippen LogP contribution in [0.15, 0.2) is 59.2 Å². The number of rotatable bonds is 12. The molecule has 0 radical (unpaired) electrons. The zero-order chi connectivity index (χ0) is 24.9. The van der Waals surface area contributed by atoms with Crippen LogP contribution < -0.4 is 21.7 Å². The molecule has 3 rings (SSSR count). The van der Waals surface area contributed by atoms with E-state index in [1.807, 2.05) is 36.4 Å². The number of nitrogens with one attached hydrogen (secondary N) is 3. The fourth-order valence-electron chi connectivity index (χ4n) is 3.48. The van der Waals surface area contributed by atoms with Gasteiger partial charge in [-0.1, -0.05) is 36.4 Å². The number of aliphatic carboxylic acids is 1. The lowest BCUT2D eigenvalue weighted by Crippen LogP contribution is -2.47. The quantitative estimate of drug-likeness (QED) is 0.289. The largest absolute Gasteiger partial charge is 0.480 e. The van der Waals surface area contributed by atoms with Gasteiger partial charge >= 0.3 is 12.1 Å². The van der Waals surface area contributed by atoms with Crippen LogP contribution >= 0.6 is 0 Å². The summed E-state index contributed by atoms with van der Waals surface area (Å²) in [4.78, 5) is 32.5. The highest BCUT2D eigenvalue weighted by Crippen LogP contribution is 2.19. The fraction of sp³-hybridized carbons (Fsp3) is 0.360. The maximum absolute atomic E-state index is 12.0. The predicted octanol–water partition coefficient (Wildman–Crippen LogP) is 1.86. The molecule has 0 fully saturated rings. The summed E-state index contributed by atoms with van der Waals surface area (Å²) in [6.07, 6.45) is 5.15. The third kappa shape index (κ3) is 8.74. The van der Waals surface area contributed by atoms with E-state index in [9.17, 15) is 14.7 Å². The van der Waals surface area contributed by atoms with Crippen LogP contribution in [-0.4, -0.2) is 60.6 Å². The minimum absolute atomic E-state index is 0.00695. The molecule has 1 aromatic heterocycles. The summed E-state index contributed by atoms with van der Waals surface area (Å²) in [6.45, 7) is 1.85. The number of carbonyl (C=O) groups is 2. The van der Waals surface area contributed by atoms with Crippen LogP contribution in [0.4, 0.5) is 10.6 Å². The second-order valence-corrected chi connectivity index (χ2v) is 8.10.